The van der Waals surface area contributed by atoms with E-state index in [0.717, 1.165) is 32.4 Å². The maximum absolute atomic E-state index is 12.4. The molecule has 0 radical (unpaired) electrons. The molecular formula is C15H24ClN3O2. The summed E-state index contributed by atoms with van der Waals surface area (Å²) in [4.78, 5) is 29.3. The molecule has 0 spiro atoms. The predicted molar refractivity (Wildman–Crippen MR) is 85.3 cm³/mol. The molecule has 1 N–H and O–H groups in total. The molecule has 1 saturated heterocycles. The number of piperidine rings is 1. The van der Waals surface area contributed by atoms with Gasteiger partial charge in [0.1, 0.15) is 5.15 Å². The Labute approximate surface area is 129 Å². The highest BCUT2D eigenvalue weighted by atomic mass is 35.5. The van der Waals surface area contributed by atoms with E-state index >= 15 is 0 Å². The lowest BCUT2D eigenvalue weighted by Gasteiger charge is -2.28. The van der Waals surface area contributed by atoms with Gasteiger partial charge in [0.25, 0.3) is 5.56 Å². The van der Waals surface area contributed by atoms with Crippen LogP contribution in [0.4, 0.5) is 0 Å². The Morgan fingerprint density at radius 2 is 1.90 bits per heavy atom. The second-order valence-corrected chi connectivity index (χ2v) is 6.68. The van der Waals surface area contributed by atoms with Gasteiger partial charge in [-0.05, 0) is 51.2 Å². The molecule has 1 fully saturated rings. The van der Waals surface area contributed by atoms with E-state index in [4.69, 9.17) is 11.6 Å². The van der Waals surface area contributed by atoms with E-state index in [1.54, 1.807) is 0 Å². The molecule has 6 heteroatoms. The van der Waals surface area contributed by atoms with Crippen molar-refractivity contribution in [2.75, 3.05) is 20.1 Å². The summed E-state index contributed by atoms with van der Waals surface area (Å²) in [6.45, 7) is 6.46. The van der Waals surface area contributed by atoms with Crippen molar-refractivity contribution in [2.45, 2.75) is 45.6 Å². The zero-order chi connectivity index (χ0) is 15.6. The summed E-state index contributed by atoms with van der Waals surface area (Å²) in [7, 11) is 2.12. The van der Waals surface area contributed by atoms with Crippen LogP contribution in [0.2, 0.25) is 5.15 Å². The first-order chi connectivity index (χ1) is 9.90. The van der Waals surface area contributed by atoms with Crippen LogP contribution in [-0.2, 0) is 6.54 Å². The van der Waals surface area contributed by atoms with Gasteiger partial charge in [0.15, 0.2) is 0 Å². The molecule has 1 aliphatic rings. The van der Waals surface area contributed by atoms with E-state index < -0.39 is 5.69 Å². The molecule has 0 amide bonds. The average Bonchev–Trinajstić information content (AvgIpc) is 2.39. The molecule has 21 heavy (non-hydrogen) atoms. The molecule has 0 unspecified atom stereocenters. The molecule has 1 aromatic rings. The Kier molecular flexibility index (Phi) is 5.27. The summed E-state index contributed by atoms with van der Waals surface area (Å²) < 4.78 is 1.31. The maximum atomic E-state index is 12.4. The van der Waals surface area contributed by atoms with Gasteiger partial charge in [-0.25, -0.2) is 4.79 Å². The van der Waals surface area contributed by atoms with Gasteiger partial charge in [-0.15, -0.1) is 0 Å². The Morgan fingerprint density at radius 1 is 1.29 bits per heavy atom. The highest BCUT2D eigenvalue weighted by molar-refractivity contribution is 6.30. The largest absolute Gasteiger partial charge is 0.329 e. The van der Waals surface area contributed by atoms with Crippen molar-refractivity contribution in [3.63, 3.8) is 0 Å². The third kappa shape index (κ3) is 3.77. The van der Waals surface area contributed by atoms with Gasteiger partial charge in [-0.1, -0.05) is 25.4 Å². The Hall–Kier alpha value is -1.07. The fraction of sp³-hybridized carbons (Fsp3) is 0.733. The molecule has 0 atom stereocenters. The molecule has 0 saturated carbocycles. The highest BCUT2D eigenvalue weighted by Gasteiger charge is 2.19. The maximum Gasteiger partial charge on any atom is 0.329 e. The number of halogens is 1. The van der Waals surface area contributed by atoms with Gasteiger partial charge in [-0.3, -0.25) is 14.3 Å². The molecule has 0 aromatic carbocycles. The second-order valence-electron chi connectivity index (χ2n) is 6.30. The van der Waals surface area contributed by atoms with Crippen LogP contribution in [0.1, 0.15) is 44.6 Å². The van der Waals surface area contributed by atoms with Crippen LogP contribution in [0.3, 0.4) is 0 Å². The molecule has 5 nitrogen and oxygen atoms in total. The molecule has 2 heterocycles. The molecule has 0 aliphatic carbocycles. The van der Waals surface area contributed by atoms with Gasteiger partial charge < -0.3 is 4.90 Å². The fourth-order valence-corrected chi connectivity index (χ4v) is 3.31. The third-order valence-electron chi connectivity index (χ3n) is 4.35. The van der Waals surface area contributed by atoms with Crippen molar-refractivity contribution in [3.8, 4) is 0 Å². The number of nitrogens with zero attached hydrogens (tertiary/aromatic N) is 2. The number of aromatic amines is 1. The van der Waals surface area contributed by atoms with E-state index in [-0.39, 0.29) is 16.6 Å². The lowest BCUT2D eigenvalue weighted by Crippen LogP contribution is -2.39. The third-order valence-corrected chi connectivity index (χ3v) is 4.65. The minimum Gasteiger partial charge on any atom is -0.306 e. The first-order valence-corrected chi connectivity index (χ1v) is 7.99. The van der Waals surface area contributed by atoms with Crippen LogP contribution in [0.25, 0.3) is 0 Å². The number of likely N-dealkylation sites (tertiary alicyclic amines) is 1. The minimum atomic E-state index is -0.401. The number of hydrogen-bond donors (Lipinski definition) is 1. The number of aromatic nitrogens is 2. The highest BCUT2D eigenvalue weighted by Crippen LogP contribution is 2.20. The molecular weight excluding hydrogens is 290 g/mol. The van der Waals surface area contributed by atoms with E-state index in [1.165, 1.54) is 4.57 Å². The smallest absolute Gasteiger partial charge is 0.306 e. The van der Waals surface area contributed by atoms with E-state index in [2.05, 4.69) is 16.9 Å². The molecule has 1 aromatic heterocycles. The zero-order valence-corrected chi connectivity index (χ0v) is 13.7. The molecule has 0 bridgehead atoms. The van der Waals surface area contributed by atoms with E-state index in [1.807, 2.05) is 13.8 Å². The van der Waals surface area contributed by atoms with Crippen LogP contribution in [0.5, 0.6) is 0 Å². The standard InChI is InChI=1S/C15H24ClN3O2/c1-10(2)12-13(16)17-15(21)19(14(12)20)9-6-11-4-7-18(3)8-5-11/h10-11H,4-9H2,1-3H3,(H,17,21). The van der Waals surface area contributed by atoms with Crippen molar-refractivity contribution in [1.82, 2.24) is 14.5 Å². The van der Waals surface area contributed by atoms with Gasteiger partial charge in [-0.2, -0.15) is 0 Å². The van der Waals surface area contributed by atoms with Crippen LogP contribution in [0.15, 0.2) is 9.59 Å². The summed E-state index contributed by atoms with van der Waals surface area (Å²) in [5.74, 6) is 0.585. The van der Waals surface area contributed by atoms with E-state index in [9.17, 15) is 9.59 Å². The summed E-state index contributed by atoms with van der Waals surface area (Å²) in [5.41, 5.74) is -0.145. The number of hydrogen-bond acceptors (Lipinski definition) is 3. The van der Waals surface area contributed by atoms with Crippen molar-refractivity contribution >= 4 is 11.6 Å². The van der Waals surface area contributed by atoms with Crippen molar-refractivity contribution in [1.29, 1.82) is 0 Å². The van der Waals surface area contributed by atoms with E-state index in [0.29, 0.717) is 18.0 Å². The first-order valence-electron chi connectivity index (χ1n) is 7.61. The number of H-pyrrole nitrogens is 1. The van der Waals surface area contributed by atoms with Crippen LogP contribution in [0, 0.1) is 5.92 Å². The monoisotopic (exact) mass is 313 g/mol. The van der Waals surface area contributed by atoms with Gasteiger partial charge in [0, 0.05) is 6.54 Å². The van der Waals surface area contributed by atoms with Crippen LogP contribution in [-0.4, -0.2) is 34.6 Å². The molecule has 1 aliphatic heterocycles. The van der Waals surface area contributed by atoms with Gasteiger partial charge in [0.2, 0.25) is 0 Å². The summed E-state index contributed by atoms with van der Waals surface area (Å²) in [6, 6.07) is 0. The average molecular weight is 314 g/mol. The minimum absolute atomic E-state index is 0.00331. The van der Waals surface area contributed by atoms with Crippen LogP contribution < -0.4 is 11.2 Å². The fourth-order valence-electron chi connectivity index (χ4n) is 2.93. The lowest BCUT2D eigenvalue weighted by atomic mass is 9.94. The van der Waals surface area contributed by atoms with Crippen molar-refractivity contribution in [2.24, 2.45) is 5.92 Å². The number of rotatable bonds is 4. The Morgan fingerprint density at radius 3 is 2.48 bits per heavy atom. The molecule has 118 valence electrons. The van der Waals surface area contributed by atoms with Crippen LogP contribution >= 0.6 is 11.6 Å². The summed E-state index contributed by atoms with van der Waals surface area (Å²) in [6.07, 6.45) is 3.14. The topological polar surface area (TPSA) is 58.1 Å². The number of nitrogens with one attached hydrogen (secondary N) is 1. The first kappa shape index (κ1) is 16.3. The Bertz CT molecular complexity index is 598. The lowest BCUT2D eigenvalue weighted by molar-refractivity contribution is 0.207. The second kappa shape index (κ2) is 6.79. The summed E-state index contributed by atoms with van der Waals surface area (Å²) in [5, 5.41) is 0.176. The van der Waals surface area contributed by atoms with Crippen molar-refractivity contribution in [3.05, 3.63) is 31.6 Å². The van der Waals surface area contributed by atoms with Gasteiger partial charge in [0.05, 0.1) is 5.56 Å². The predicted octanol–water partition coefficient (Wildman–Crippen LogP) is 2.05. The zero-order valence-electron chi connectivity index (χ0n) is 13.0. The van der Waals surface area contributed by atoms with Gasteiger partial charge >= 0.3 is 5.69 Å². The SMILES string of the molecule is CC(C)c1c(Cl)[nH]c(=O)n(CCC2CCN(C)CC2)c1=O. The quantitative estimate of drug-likeness (QED) is 0.866. The molecule has 2 rings (SSSR count). The Balaban J connectivity index is 2.15. The van der Waals surface area contributed by atoms with Crippen molar-refractivity contribution < 1.29 is 0 Å². The summed E-state index contributed by atoms with van der Waals surface area (Å²) >= 11 is 5.99. The normalized spacial score (nSPS) is 17.6.